The van der Waals surface area contributed by atoms with E-state index in [2.05, 4.69) is 58.5 Å². The molecule has 0 saturated heterocycles. The fraction of sp³-hybridized carbons (Fsp3) is 0. The van der Waals surface area contributed by atoms with Crippen LogP contribution in [0.3, 0.4) is 0 Å². The summed E-state index contributed by atoms with van der Waals surface area (Å²) in [5.74, 6) is -1.67. The molecule has 2 radical (unpaired) electrons. The van der Waals surface area contributed by atoms with E-state index in [0.717, 1.165) is 6.07 Å². The summed E-state index contributed by atoms with van der Waals surface area (Å²) in [6, 6.07) is 13.8. The number of halogens is 3. The smallest absolute Gasteiger partial charge is 1.00 e. The normalized spacial score (nSPS) is 10.9. The number of aromatic hydroxyl groups is 1. The molecule has 49 heavy (non-hydrogen) atoms. The zero-order chi connectivity index (χ0) is 34.1. The number of aromatic carboxylic acids is 1. The van der Waals surface area contributed by atoms with E-state index in [4.69, 9.17) is 17.3 Å². The number of nitrogens with zero attached hydrogens (tertiary/aromatic N) is 6. The van der Waals surface area contributed by atoms with Crippen molar-refractivity contribution in [2.24, 2.45) is 10.2 Å². The Morgan fingerprint density at radius 1 is 1.08 bits per heavy atom. The fourth-order valence-electron chi connectivity index (χ4n) is 3.83. The van der Waals surface area contributed by atoms with E-state index in [-0.39, 0.29) is 121 Å². The van der Waals surface area contributed by atoms with Crippen LogP contribution in [0, 0.1) is 0 Å². The number of carboxylic acids is 1. The number of phenols is 1. The number of phenolic OH excluding ortho intramolecular Hbond substituents is 1. The van der Waals surface area contributed by atoms with Crippen LogP contribution in [-0.4, -0.2) is 44.7 Å². The molecule has 0 unspecified atom stereocenters. The SMILES string of the molecule is O=C([O-])c1cc[n+](-c2nc(Cl)nc(Nc3ccc4c(O)c(N=Nc5ccccc5S(=O)(=O)[O-])c(SOO[O-])cc4c3)n2)cc1.[B][I-]I.[Na+].[Na+]. The minimum Gasteiger partial charge on any atom is 1.00 e. The molecule has 0 fully saturated rings. The summed E-state index contributed by atoms with van der Waals surface area (Å²) in [7, 11) is -4.88. The third-order valence-electron chi connectivity index (χ3n) is 5.74. The number of nitrogens with one attached hydrogen (secondary N) is 1. The second-order valence-corrected chi connectivity index (χ2v) is 14.6. The Balaban J connectivity index is 0.00000161. The minimum absolute atomic E-state index is 0. The van der Waals surface area contributed by atoms with Crippen molar-refractivity contribution in [3.8, 4) is 11.7 Å². The quantitative estimate of drug-likeness (QED) is 0.0194. The molecule has 3 aromatic carbocycles. The van der Waals surface area contributed by atoms with Gasteiger partial charge in [-0.2, -0.15) is 9.32 Å². The van der Waals surface area contributed by atoms with E-state index >= 15 is 0 Å². The molecule has 0 bridgehead atoms. The Morgan fingerprint density at radius 2 is 1.76 bits per heavy atom. The van der Waals surface area contributed by atoms with Gasteiger partial charge in [0, 0.05) is 16.6 Å². The Hall–Kier alpha value is -1.30. The zero-order valence-corrected chi connectivity index (χ0v) is 35.6. The summed E-state index contributed by atoms with van der Waals surface area (Å²) in [5, 5.41) is 47.2. The monoisotopic (exact) mass is 966 g/mol. The maximum Gasteiger partial charge on any atom is 1.00 e. The average molecular weight is 967 g/mol. The molecule has 0 amide bonds. The molecule has 0 saturated carbocycles. The van der Waals surface area contributed by atoms with E-state index in [1.54, 1.807) is 12.1 Å². The van der Waals surface area contributed by atoms with Crippen LogP contribution in [0.5, 0.6) is 5.75 Å². The third kappa shape index (κ3) is 12.1. The van der Waals surface area contributed by atoms with Crippen molar-refractivity contribution in [1.82, 2.24) is 15.0 Å². The summed E-state index contributed by atoms with van der Waals surface area (Å²) in [4.78, 5) is 22.8. The number of carbonyl (C=O) groups excluding carboxylic acids is 1. The predicted octanol–water partition coefficient (Wildman–Crippen LogP) is -6.17. The van der Waals surface area contributed by atoms with Gasteiger partial charge in [0.1, 0.15) is 21.5 Å². The van der Waals surface area contributed by atoms with Crippen LogP contribution < -0.4 is 96.4 Å². The maximum atomic E-state index is 11.6. The van der Waals surface area contributed by atoms with E-state index in [1.807, 2.05) is 0 Å². The molecule has 2 N–H and O–H groups in total. The Kier molecular flexibility index (Phi) is 18.5. The molecular weight excluding hydrogens is 953 g/mol. The topological polar surface area (TPSA) is 238 Å². The van der Waals surface area contributed by atoms with Gasteiger partial charge in [-0.3, -0.25) is 5.04 Å². The van der Waals surface area contributed by atoms with Gasteiger partial charge in [-0.25, -0.2) is 13.0 Å². The van der Waals surface area contributed by atoms with Gasteiger partial charge in [0.15, 0.2) is 5.75 Å². The van der Waals surface area contributed by atoms with Crippen molar-refractivity contribution in [2.45, 2.75) is 9.79 Å². The number of aromatic nitrogens is 4. The van der Waals surface area contributed by atoms with Gasteiger partial charge in [0.2, 0.25) is 0 Å². The van der Waals surface area contributed by atoms with Crippen LogP contribution in [0.15, 0.2) is 93.1 Å². The fourth-order valence-corrected chi connectivity index (χ4v) is 5.09. The van der Waals surface area contributed by atoms with Crippen LogP contribution in [0.1, 0.15) is 10.4 Å². The molecule has 16 nitrogen and oxygen atoms in total. The molecule has 0 aliphatic rings. The van der Waals surface area contributed by atoms with Crippen LogP contribution in [0.2, 0.25) is 5.28 Å². The van der Waals surface area contributed by atoms with E-state index in [9.17, 15) is 33.2 Å². The largest absolute Gasteiger partial charge is 1.00 e. The standard InChI is InChI=1S/C25H16ClN7O9S2.BI2.2Na/c26-23-28-24(30-25(29-23)33-9-7-13(8-10-33)22(35)36)27-15-5-6-16-14(11-15)12-18(43-42-41-37)20(21(16)34)32-31-17-3-1-2-4-19(17)44(38,39)40;1-3-2;;/h1-12H,(H4-,27,28,29,30,34,35,36,37,38,39,40);;;/q;-1;2*+1/p-2. The molecule has 5 rings (SSSR count). The summed E-state index contributed by atoms with van der Waals surface area (Å²) in [5.41, 5.74) is 4.83. The number of hydrogen-bond acceptors (Lipinski definition) is 16. The Labute approximate surface area is 352 Å². The number of carbonyl (C=O) groups is 1. The first-order chi connectivity index (χ1) is 22.4. The van der Waals surface area contributed by atoms with Crippen molar-refractivity contribution in [1.29, 1.82) is 0 Å². The number of fused-ring (bicyclic) bond motifs is 1. The molecule has 2 heterocycles. The van der Waals surface area contributed by atoms with Gasteiger partial charge in [-0.05, 0) is 75.5 Å². The number of pyridine rings is 1. The van der Waals surface area contributed by atoms with Crippen LogP contribution in [0.25, 0.3) is 16.7 Å². The molecular formula is C25H14BClI2N7Na2O9S2-. The molecule has 2 aromatic heterocycles. The summed E-state index contributed by atoms with van der Waals surface area (Å²) in [6.07, 6.45) is 2.80. The molecule has 24 heteroatoms. The molecule has 242 valence electrons. The van der Waals surface area contributed by atoms with Crippen molar-refractivity contribution in [3.05, 3.63) is 83.9 Å². The predicted molar refractivity (Wildman–Crippen MR) is 166 cm³/mol. The zero-order valence-electron chi connectivity index (χ0n) is 24.9. The van der Waals surface area contributed by atoms with Crippen molar-refractivity contribution in [3.63, 3.8) is 0 Å². The van der Waals surface area contributed by atoms with Gasteiger partial charge in [0.25, 0.3) is 0 Å². The van der Waals surface area contributed by atoms with Crippen LogP contribution >= 0.6 is 42.3 Å². The summed E-state index contributed by atoms with van der Waals surface area (Å²) >= 11 is 8.71. The van der Waals surface area contributed by atoms with E-state index in [1.165, 1.54) is 59.4 Å². The minimum atomic E-state index is -4.88. The number of rotatable bonds is 10. The maximum absolute atomic E-state index is 11.6. The summed E-state index contributed by atoms with van der Waals surface area (Å²) in [6.45, 7) is 0. The molecule has 0 aliphatic carbocycles. The summed E-state index contributed by atoms with van der Waals surface area (Å²) < 4.78 is 40.6. The van der Waals surface area contributed by atoms with Gasteiger partial charge >= 0.3 is 118 Å². The van der Waals surface area contributed by atoms with Crippen LogP contribution in [-0.2, 0) is 19.5 Å². The molecule has 0 atom stereocenters. The molecule has 0 aliphatic heterocycles. The first kappa shape index (κ1) is 43.9. The van der Waals surface area contributed by atoms with Crippen molar-refractivity contribution < 1.29 is 123 Å². The number of benzene rings is 3. The number of anilines is 2. The van der Waals surface area contributed by atoms with Crippen molar-refractivity contribution in [2.75, 3.05) is 5.32 Å². The van der Waals surface area contributed by atoms with Gasteiger partial charge < -0.3 is 30.1 Å². The number of hydrogen-bond donors (Lipinski definition) is 2. The second-order valence-electron chi connectivity index (χ2n) is 8.57. The van der Waals surface area contributed by atoms with E-state index in [0.29, 0.717) is 23.1 Å². The second kappa shape index (κ2) is 20.7. The number of azo groups is 1. The molecule has 5 aromatic rings. The van der Waals surface area contributed by atoms with Crippen LogP contribution in [0.4, 0.5) is 23.0 Å². The van der Waals surface area contributed by atoms with Gasteiger partial charge in [0.05, 0.1) is 40.2 Å². The Bertz CT molecular complexity index is 2080. The first-order valence-electron chi connectivity index (χ1n) is 12.2. The van der Waals surface area contributed by atoms with Gasteiger partial charge in [-0.1, -0.05) is 12.1 Å². The first-order valence-corrected chi connectivity index (χ1v) is 22.3. The Morgan fingerprint density at radius 3 is 2.39 bits per heavy atom. The van der Waals surface area contributed by atoms with E-state index < -0.39 is 26.7 Å². The number of carboxylic acid groups (broad SMARTS) is 1. The van der Waals surface area contributed by atoms with Gasteiger partial charge in [-0.15, -0.1) is 10.2 Å². The third-order valence-corrected chi connectivity index (χ3v) is 7.41. The van der Waals surface area contributed by atoms with Crippen molar-refractivity contribution >= 4 is 97.8 Å². The average Bonchev–Trinajstić information content (AvgIpc) is 3.03. The molecule has 0 spiro atoms.